The number of nitrogens with zero attached hydrogens (tertiary/aromatic N) is 1. The average Bonchev–Trinajstić information content (AvgIpc) is 2.11. The Bertz CT molecular complexity index is 179. The first-order valence-electron chi connectivity index (χ1n) is 5.16. The number of hydrogen-bond donors (Lipinski definition) is 2. The topological polar surface area (TPSA) is 54.1 Å². The van der Waals surface area contributed by atoms with Crippen LogP contribution >= 0.6 is 0 Å². The summed E-state index contributed by atoms with van der Waals surface area (Å²) in [4.78, 5) is 12.3. The summed E-state index contributed by atoms with van der Waals surface area (Å²) in [5, 5.41) is 10.8. The van der Waals surface area contributed by atoms with Gasteiger partial charge in [-0.2, -0.15) is 0 Å². The summed E-state index contributed by atoms with van der Waals surface area (Å²) < 4.78 is 0. The van der Waals surface area contributed by atoms with Crippen molar-refractivity contribution in [3.63, 3.8) is 0 Å². The lowest BCUT2D eigenvalue weighted by atomic mass is 10.1. The Morgan fingerprint density at radius 3 is 2.50 bits per heavy atom. The maximum atomic E-state index is 10.9. The van der Waals surface area contributed by atoms with Crippen molar-refractivity contribution in [1.29, 1.82) is 0 Å². The second kappa shape index (κ2) is 8.69. The number of carbonyl (C=O) groups is 1. The highest BCUT2D eigenvalue weighted by molar-refractivity contribution is 6.27. The molecule has 0 amide bonds. The fourth-order valence-corrected chi connectivity index (χ4v) is 1.26. The normalized spacial score (nSPS) is 11.4. The molecule has 0 saturated heterocycles. The van der Waals surface area contributed by atoms with Crippen molar-refractivity contribution < 1.29 is 14.9 Å². The smallest absolute Gasteiger partial charge is 0.177 e. The molecule has 0 aliphatic rings. The van der Waals surface area contributed by atoms with Crippen molar-refractivity contribution in [3.8, 4) is 0 Å². The molecule has 0 rings (SSSR count). The first-order valence-corrected chi connectivity index (χ1v) is 5.16. The molecule has 0 aromatic carbocycles. The molecule has 0 fully saturated rings. The molecule has 0 aromatic heterocycles. The number of quaternary nitrogens is 1. The molecule has 4 heteroatoms. The van der Waals surface area contributed by atoms with Crippen molar-refractivity contribution in [1.82, 2.24) is 0 Å². The molecule has 0 atom stereocenters. The number of unbranched alkanes of at least 4 members (excludes halogenated alkanes) is 3. The van der Waals surface area contributed by atoms with Gasteiger partial charge in [-0.3, -0.25) is 4.79 Å². The van der Waals surface area contributed by atoms with Gasteiger partial charge in [-0.1, -0.05) is 11.6 Å². The Morgan fingerprint density at radius 1 is 1.29 bits per heavy atom. The number of oxime groups is 1. The molecule has 2 N–H and O–H groups in total. The van der Waals surface area contributed by atoms with Gasteiger partial charge in [0.2, 0.25) is 0 Å². The van der Waals surface area contributed by atoms with Crippen LogP contribution in [0.25, 0.3) is 0 Å². The molecule has 0 saturated carbocycles. The third kappa shape index (κ3) is 9.19. The largest absolute Gasteiger partial charge is 0.411 e. The molecule has 0 unspecified atom stereocenters. The van der Waals surface area contributed by atoms with E-state index >= 15 is 0 Å². The maximum absolute atomic E-state index is 10.9. The van der Waals surface area contributed by atoms with Gasteiger partial charge in [-0.25, -0.2) is 0 Å². The number of hydrogen-bond acceptors (Lipinski definition) is 3. The van der Waals surface area contributed by atoms with Crippen molar-refractivity contribution in [2.75, 3.05) is 20.6 Å². The molecule has 0 spiro atoms. The molecular formula is C10H21N2O2+. The Kier molecular flexibility index (Phi) is 8.13. The first-order chi connectivity index (χ1) is 6.66. The quantitative estimate of drug-likeness (QED) is 0.253. The van der Waals surface area contributed by atoms with Gasteiger partial charge in [0, 0.05) is 6.42 Å². The summed E-state index contributed by atoms with van der Waals surface area (Å²) >= 11 is 0. The average molecular weight is 201 g/mol. The van der Waals surface area contributed by atoms with E-state index in [1.807, 2.05) is 0 Å². The van der Waals surface area contributed by atoms with Crippen molar-refractivity contribution in [2.45, 2.75) is 32.1 Å². The fourth-order valence-electron chi connectivity index (χ4n) is 1.26. The minimum Gasteiger partial charge on any atom is -0.411 e. The van der Waals surface area contributed by atoms with Gasteiger partial charge in [0.25, 0.3) is 0 Å². The van der Waals surface area contributed by atoms with E-state index in [0.717, 1.165) is 19.1 Å². The van der Waals surface area contributed by atoms with Gasteiger partial charge < -0.3 is 10.1 Å². The maximum Gasteiger partial charge on any atom is 0.177 e. The molecule has 82 valence electrons. The van der Waals surface area contributed by atoms with Crippen LogP contribution in [0.3, 0.4) is 0 Å². The second-order valence-electron chi connectivity index (χ2n) is 3.83. The zero-order chi connectivity index (χ0) is 10.8. The monoisotopic (exact) mass is 201 g/mol. The van der Waals surface area contributed by atoms with E-state index in [1.165, 1.54) is 24.3 Å². The summed E-state index contributed by atoms with van der Waals surface area (Å²) in [5.74, 6) is -0.0919. The lowest BCUT2D eigenvalue weighted by Gasteiger charge is -2.05. The number of ketones is 1. The van der Waals surface area contributed by atoms with E-state index in [4.69, 9.17) is 5.21 Å². The second-order valence-corrected chi connectivity index (χ2v) is 3.83. The summed E-state index contributed by atoms with van der Waals surface area (Å²) in [6, 6.07) is 0. The van der Waals surface area contributed by atoms with Gasteiger partial charge in [0.05, 0.1) is 20.6 Å². The summed E-state index contributed by atoms with van der Waals surface area (Å²) in [6.07, 6.45) is 5.84. The van der Waals surface area contributed by atoms with Crippen LogP contribution < -0.4 is 4.90 Å². The Hall–Kier alpha value is -0.900. The number of nitrogens with one attached hydrogen (secondary N) is 1. The number of Topliss-reactive ketones (excluding diaryl/α,β-unsaturated/α-hetero) is 1. The van der Waals surface area contributed by atoms with Crippen LogP contribution in [0.4, 0.5) is 0 Å². The third-order valence-electron chi connectivity index (χ3n) is 2.05. The predicted octanol–water partition coefficient (Wildman–Crippen LogP) is 0.111. The Balaban J connectivity index is 3.17. The SMILES string of the molecule is C[NH+](C)CCCCCCC(=O)/C=N\O. The zero-order valence-electron chi connectivity index (χ0n) is 9.12. The zero-order valence-corrected chi connectivity index (χ0v) is 9.12. The summed E-state index contributed by atoms with van der Waals surface area (Å²) in [7, 11) is 4.28. The van der Waals surface area contributed by atoms with Crippen LogP contribution in [0.5, 0.6) is 0 Å². The summed E-state index contributed by atoms with van der Waals surface area (Å²) in [5.41, 5.74) is 0. The van der Waals surface area contributed by atoms with Gasteiger partial charge in [-0.05, 0) is 19.3 Å². The van der Waals surface area contributed by atoms with E-state index in [2.05, 4.69) is 19.3 Å². The highest BCUT2D eigenvalue weighted by Gasteiger charge is 1.98. The minimum absolute atomic E-state index is 0.0919. The molecule has 0 aliphatic heterocycles. The standard InChI is InChI=1S/C10H20N2O2/c1-12(2)8-6-4-3-5-7-10(13)9-11-14/h9,14H,3-8H2,1-2H3/p+1/b11-9-. The van der Waals surface area contributed by atoms with E-state index in [9.17, 15) is 4.79 Å². The summed E-state index contributed by atoms with van der Waals surface area (Å²) in [6.45, 7) is 1.19. The molecule has 0 radical (unpaired) electrons. The molecule has 0 bridgehead atoms. The highest BCUT2D eigenvalue weighted by atomic mass is 16.4. The van der Waals surface area contributed by atoms with Gasteiger partial charge in [-0.15, -0.1) is 0 Å². The Morgan fingerprint density at radius 2 is 1.93 bits per heavy atom. The predicted molar refractivity (Wildman–Crippen MR) is 56.0 cm³/mol. The Labute approximate surface area is 85.6 Å². The van der Waals surface area contributed by atoms with Crippen LogP contribution in [-0.4, -0.2) is 37.8 Å². The number of rotatable bonds is 8. The first kappa shape index (κ1) is 13.1. The van der Waals surface area contributed by atoms with Crippen molar-refractivity contribution in [3.05, 3.63) is 0 Å². The van der Waals surface area contributed by atoms with Crippen LogP contribution in [0.2, 0.25) is 0 Å². The molecule has 0 aromatic rings. The van der Waals surface area contributed by atoms with E-state index in [0.29, 0.717) is 6.42 Å². The van der Waals surface area contributed by atoms with Crippen LogP contribution in [0.15, 0.2) is 5.16 Å². The lowest BCUT2D eigenvalue weighted by molar-refractivity contribution is -0.858. The van der Waals surface area contributed by atoms with Gasteiger partial charge in [0.1, 0.15) is 6.21 Å². The minimum atomic E-state index is -0.0919. The van der Waals surface area contributed by atoms with E-state index in [1.54, 1.807) is 0 Å². The van der Waals surface area contributed by atoms with E-state index < -0.39 is 0 Å². The van der Waals surface area contributed by atoms with Crippen molar-refractivity contribution >= 4 is 12.0 Å². The molecule has 0 heterocycles. The van der Waals surface area contributed by atoms with Crippen LogP contribution in [0.1, 0.15) is 32.1 Å². The van der Waals surface area contributed by atoms with Gasteiger partial charge in [0.15, 0.2) is 5.78 Å². The van der Waals surface area contributed by atoms with Crippen molar-refractivity contribution in [2.24, 2.45) is 5.16 Å². The number of carbonyl (C=O) groups excluding carboxylic acids is 1. The lowest BCUT2D eigenvalue weighted by Crippen LogP contribution is -3.05. The third-order valence-corrected chi connectivity index (χ3v) is 2.05. The van der Waals surface area contributed by atoms with Gasteiger partial charge >= 0.3 is 0 Å². The highest BCUT2D eigenvalue weighted by Crippen LogP contribution is 2.01. The molecule has 4 nitrogen and oxygen atoms in total. The molecule has 0 aliphatic carbocycles. The molecule has 14 heavy (non-hydrogen) atoms. The van der Waals surface area contributed by atoms with Crippen LogP contribution in [-0.2, 0) is 4.79 Å². The molecular weight excluding hydrogens is 180 g/mol. The van der Waals surface area contributed by atoms with Crippen LogP contribution in [0, 0.1) is 0 Å². The fraction of sp³-hybridized carbons (Fsp3) is 0.800. The van der Waals surface area contributed by atoms with E-state index in [-0.39, 0.29) is 5.78 Å².